The largest absolute Gasteiger partial charge is 0.488 e. The topological polar surface area (TPSA) is 55.7 Å². The van der Waals surface area contributed by atoms with Gasteiger partial charge in [0.15, 0.2) is 0 Å². The van der Waals surface area contributed by atoms with E-state index in [2.05, 4.69) is 4.40 Å². The van der Waals surface area contributed by atoms with Crippen molar-refractivity contribution in [1.82, 2.24) is 0 Å². The lowest BCUT2D eigenvalue weighted by molar-refractivity contribution is 0.306. The van der Waals surface area contributed by atoms with Gasteiger partial charge in [-0.2, -0.15) is 12.8 Å². The van der Waals surface area contributed by atoms with Crippen LogP contribution in [-0.4, -0.2) is 14.6 Å². The average Bonchev–Trinajstić information content (AvgIpc) is 2.67. The zero-order valence-electron chi connectivity index (χ0n) is 15.3. The smallest absolute Gasteiger partial charge is 0.282 e. The molecule has 27 heavy (non-hydrogen) atoms. The van der Waals surface area contributed by atoms with Crippen molar-refractivity contribution in [3.63, 3.8) is 0 Å². The van der Waals surface area contributed by atoms with Crippen molar-refractivity contribution in [3.05, 3.63) is 95.1 Å². The molecule has 3 aromatic rings. The molecule has 0 unspecified atom stereocenters. The summed E-state index contributed by atoms with van der Waals surface area (Å²) in [5, 5.41) is 0. The zero-order chi connectivity index (χ0) is 19.3. The second-order valence-corrected chi connectivity index (χ2v) is 7.97. The molecular weight excluding hydrogens is 358 g/mol. The lowest BCUT2D eigenvalue weighted by atomic mass is 10.1. The summed E-state index contributed by atoms with van der Waals surface area (Å²) in [7, 11) is -3.75. The molecular formula is C22H21NO3S. The van der Waals surface area contributed by atoms with Crippen molar-refractivity contribution < 1.29 is 13.2 Å². The molecule has 0 amide bonds. The Morgan fingerprint density at radius 1 is 0.852 bits per heavy atom. The van der Waals surface area contributed by atoms with Crippen molar-refractivity contribution in [2.24, 2.45) is 4.40 Å². The first kappa shape index (κ1) is 18.9. The summed E-state index contributed by atoms with van der Waals surface area (Å²) in [5.41, 5.74) is 3.83. The molecule has 0 aliphatic rings. The highest BCUT2D eigenvalue weighted by Crippen LogP contribution is 2.19. The molecule has 4 nitrogen and oxygen atoms in total. The van der Waals surface area contributed by atoms with E-state index in [1.165, 1.54) is 11.8 Å². The molecule has 0 aliphatic heterocycles. The summed E-state index contributed by atoms with van der Waals surface area (Å²) in [6, 6.07) is 21.9. The van der Waals surface area contributed by atoms with Crippen molar-refractivity contribution in [3.8, 4) is 5.75 Å². The van der Waals surface area contributed by atoms with E-state index in [4.69, 9.17) is 4.74 Å². The van der Waals surface area contributed by atoms with Gasteiger partial charge in [-0.15, -0.1) is 0 Å². The lowest BCUT2D eigenvalue weighted by Gasteiger charge is -2.09. The molecule has 0 aromatic heterocycles. The van der Waals surface area contributed by atoms with Crippen LogP contribution in [0, 0.1) is 13.8 Å². The van der Waals surface area contributed by atoms with Crippen molar-refractivity contribution >= 4 is 16.2 Å². The Bertz CT molecular complexity index is 1040. The first-order valence-corrected chi connectivity index (χ1v) is 10.0. The van der Waals surface area contributed by atoms with Gasteiger partial charge in [0.05, 0.1) is 11.1 Å². The summed E-state index contributed by atoms with van der Waals surface area (Å²) in [6.07, 6.45) is 1.33. The fraction of sp³-hybridized carbons (Fsp3) is 0.136. The van der Waals surface area contributed by atoms with Crippen LogP contribution in [0.4, 0.5) is 0 Å². The molecule has 3 aromatic carbocycles. The van der Waals surface area contributed by atoms with Crippen LogP contribution in [-0.2, 0) is 16.6 Å². The number of aryl methyl sites for hydroxylation is 2. The molecule has 5 heteroatoms. The monoisotopic (exact) mass is 379 g/mol. The number of ether oxygens (including phenoxy) is 1. The van der Waals surface area contributed by atoms with E-state index in [1.807, 2.05) is 50.2 Å². The Kier molecular flexibility index (Phi) is 5.72. The van der Waals surface area contributed by atoms with Gasteiger partial charge in [0.2, 0.25) is 0 Å². The summed E-state index contributed by atoms with van der Waals surface area (Å²) < 4.78 is 34.5. The Morgan fingerprint density at radius 2 is 1.44 bits per heavy atom. The van der Waals surface area contributed by atoms with Crippen LogP contribution in [0.15, 0.2) is 82.1 Å². The molecule has 0 atom stereocenters. The van der Waals surface area contributed by atoms with Gasteiger partial charge in [0.25, 0.3) is 10.0 Å². The van der Waals surface area contributed by atoms with Gasteiger partial charge in [0, 0.05) is 5.56 Å². The quantitative estimate of drug-likeness (QED) is 0.584. The Labute approximate surface area is 160 Å². The molecule has 0 fully saturated rings. The van der Waals surface area contributed by atoms with Crippen molar-refractivity contribution in [1.29, 1.82) is 0 Å². The zero-order valence-corrected chi connectivity index (χ0v) is 16.1. The number of hydrogen-bond donors (Lipinski definition) is 0. The average molecular weight is 379 g/mol. The van der Waals surface area contributed by atoms with E-state index in [0.29, 0.717) is 17.9 Å². The van der Waals surface area contributed by atoms with Gasteiger partial charge in [-0.05, 0) is 43.7 Å². The van der Waals surface area contributed by atoms with E-state index in [9.17, 15) is 8.42 Å². The second kappa shape index (κ2) is 8.18. The molecule has 0 saturated carbocycles. The van der Waals surface area contributed by atoms with Gasteiger partial charge < -0.3 is 4.74 Å². The third kappa shape index (κ3) is 5.05. The molecule has 0 N–H and O–H groups in total. The van der Waals surface area contributed by atoms with E-state index in [-0.39, 0.29) is 4.90 Å². The minimum atomic E-state index is -3.75. The third-order valence-corrected chi connectivity index (χ3v) is 5.33. The number of sulfonamides is 1. The molecule has 138 valence electrons. The minimum Gasteiger partial charge on any atom is -0.488 e. The summed E-state index contributed by atoms with van der Waals surface area (Å²) >= 11 is 0. The maximum atomic E-state index is 12.4. The normalized spacial score (nSPS) is 11.6. The van der Waals surface area contributed by atoms with Gasteiger partial charge in [-0.1, -0.05) is 59.7 Å². The summed E-state index contributed by atoms with van der Waals surface area (Å²) in [4.78, 5) is 0.169. The molecule has 0 spiro atoms. The van der Waals surface area contributed by atoms with Crippen molar-refractivity contribution in [2.75, 3.05) is 0 Å². The Balaban J connectivity index is 1.78. The third-order valence-electron chi connectivity index (χ3n) is 4.08. The highest BCUT2D eigenvalue weighted by atomic mass is 32.2. The molecule has 0 aliphatic carbocycles. The summed E-state index contributed by atoms with van der Waals surface area (Å²) in [5.74, 6) is 0.584. The van der Waals surface area contributed by atoms with Crippen LogP contribution in [0.3, 0.4) is 0 Å². The van der Waals surface area contributed by atoms with Crippen LogP contribution < -0.4 is 4.74 Å². The maximum absolute atomic E-state index is 12.4. The molecule has 0 bridgehead atoms. The number of nitrogens with zero attached hydrogens (tertiary/aromatic N) is 1. The highest BCUT2D eigenvalue weighted by molar-refractivity contribution is 7.90. The standard InChI is InChI=1S/C22H21NO3S/c1-17-7-11-19(12-8-17)16-26-22-6-4-3-5-20(22)15-23-27(24,25)21-13-9-18(2)10-14-21/h3-15H,16H2,1-2H3/b23-15-. The number of hydrogen-bond acceptors (Lipinski definition) is 3. The van der Waals surface area contributed by atoms with Gasteiger partial charge in [0.1, 0.15) is 12.4 Å². The van der Waals surface area contributed by atoms with E-state index >= 15 is 0 Å². The van der Waals surface area contributed by atoms with E-state index < -0.39 is 10.0 Å². The molecule has 0 heterocycles. The first-order valence-electron chi connectivity index (χ1n) is 8.58. The van der Waals surface area contributed by atoms with E-state index in [1.54, 1.807) is 36.4 Å². The van der Waals surface area contributed by atoms with Crippen LogP contribution in [0.1, 0.15) is 22.3 Å². The number of rotatable bonds is 6. The first-order chi connectivity index (χ1) is 12.9. The lowest BCUT2D eigenvalue weighted by Crippen LogP contribution is -2.00. The minimum absolute atomic E-state index is 0.169. The van der Waals surface area contributed by atoms with Crippen LogP contribution >= 0.6 is 0 Å². The Hall–Kier alpha value is -2.92. The molecule has 0 saturated heterocycles. The number of para-hydroxylation sites is 1. The van der Waals surface area contributed by atoms with Gasteiger partial charge in [-0.3, -0.25) is 0 Å². The SMILES string of the molecule is Cc1ccc(COc2ccccc2/C=N\S(=O)(=O)c2ccc(C)cc2)cc1. The molecule has 3 rings (SSSR count). The predicted molar refractivity (Wildman–Crippen MR) is 108 cm³/mol. The molecule has 0 radical (unpaired) electrons. The van der Waals surface area contributed by atoms with Gasteiger partial charge >= 0.3 is 0 Å². The second-order valence-electron chi connectivity index (χ2n) is 6.33. The predicted octanol–water partition coefficient (Wildman–Crippen LogP) is 4.69. The summed E-state index contributed by atoms with van der Waals surface area (Å²) in [6.45, 7) is 4.34. The highest BCUT2D eigenvalue weighted by Gasteiger charge is 2.11. The van der Waals surface area contributed by atoms with E-state index in [0.717, 1.165) is 11.1 Å². The van der Waals surface area contributed by atoms with Crippen molar-refractivity contribution in [2.45, 2.75) is 25.3 Å². The van der Waals surface area contributed by atoms with Crippen LogP contribution in [0.5, 0.6) is 5.75 Å². The van der Waals surface area contributed by atoms with Crippen LogP contribution in [0.2, 0.25) is 0 Å². The Morgan fingerprint density at radius 3 is 2.11 bits per heavy atom. The van der Waals surface area contributed by atoms with Crippen LogP contribution in [0.25, 0.3) is 0 Å². The number of benzene rings is 3. The fourth-order valence-electron chi connectivity index (χ4n) is 2.46. The van der Waals surface area contributed by atoms with Gasteiger partial charge in [-0.25, -0.2) is 0 Å². The maximum Gasteiger partial charge on any atom is 0.282 e. The fourth-order valence-corrected chi connectivity index (χ4v) is 3.32.